The lowest BCUT2D eigenvalue weighted by Crippen LogP contribution is -1.99. The van der Waals surface area contributed by atoms with Crippen molar-refractivity contribution in [2.24, 2.45) is 0 Å². The van der Waals surface area contributed by atoms with Gasteiger partial charge in [-0.15, -0.1) is 0 Å². The SMILES string of the molecule is C=C(C)C(=O)OC#CC#CC#CC. The van der Waals surface area contributed by atoms with Crippen molar-refractivity contribution in [3.05, 3.63) is 12.2 Å². The average Bonchev–Trinajstić information content (AvgIpc) is 2.10. The molecule has 0 aliphatic carbocycles. The fourth-order valence-electron chi connectivity index (χ4n) is 0.309. The molecule has 0 saturated heterocycles. The van der Waals surface area contributed by atoms with Crippen LogP contribution >= 0.6 is 0 Å². The predicted octanol–water partition coefficient (Wildman–Crippen LogP) is 1.09. The molecule has 0 aliphatic rings. The third kappa shape index (κ3) is 6.29. The van der Waals surface area contributed by atoms with Crippen molar-refractivity contribution in [3.8, 4) is 35.7 Å². The van der Waals surface area contributed by atoms with E-state index in [1.54, 1.807) is 6.92 Å². The second-order valence-corrected chi connectivity index (χ2v) is 2.02. The van der Waals surface area contributed by atoms with E-state index >= 15 is 0 Å². The summed E-state index contributed by atoms with van der Waals surface area (Å²) >= 11 is 0. The normalized spacial score (nSPS) is 6.00. The molecule has 0 rings (SSSR count). The molecule has 0 saturated carbocycles. The zero-order chi connectivity index (χ0) is 10.1. The lowest BCUT2D eigenvalue weighted by Gasteiger charge is -1.89. The zero-order valence-corrected chi connectivity index (χ0v) is 7.52. The van der Waals surface area contributed by atoms with Crippen LogP contribution in [0.1, 0.15) is 13.8 Å². The molecular weight excluding hydrogens is 164 g/mol. The molecule has 0 bridgehead atoms. The lowest BCUT2D eigenvalue weighted by atomic mass is 10.4. The molecule has 0 aromatic heterocycles. The number of carbonyl (C=O) groups excluding carboxylic acids is 1. The van der Waals surface area contributed by atoms with Crippen molar-refractivity contribution < 1.29 is 9.53 Å². The van der Waals surface area contributed by atoms with Crippen molar-refractivity contribution in [1.82, 2.24) is 0 Å². The molecule has 0 aromatic rings. The van der Waals surface area contributed by atoms with E-state index in [4.69, 9.17) is 0 Å². The van der Waals surface area contributed by atoms with Crippen LogP contribution in [0.15, 0.2) is 12.2 Å². The van der Waals surface area contributed by atoms with Crippen LogP contribution in [-0.4, -0.2) is 5.97 Å². The summed E-state index contributed by atoms with van der Waals surface area (Å²) in [6, 6.07) is 0. The number of ether oxygens (including phenoxy) is 1. The van der Waals surface area contributed by atoms with E-state index in [1.165, 1.54) is 6.92 Å². The highest BCUT2D eigenvalue weighted by Gasteiger charge is 1.98. The van der Waals surface area contributed by atoms with Crippen LogP contribution in [0.2, 0.25) is 0 Å². The first-order valence-corrected chi connectivity index (χ1v) is 3.47. The van der Waals surface area contributed by atoms with Gasteiger partial charge in [0, 0.05) is 17.4 Å². The van der Waals surface area contributed by atoms with Gasteiger partial charge in [-0.1, -0.05) is 12.5 Å². The van der Waals surface area contributed by atoms with Gasteiger partial charge in [-0.25, -0.2) is 4.79 Å². The molecule has 0 unspecified atom stereocenters. The summed E-state index contributed by atoms with van der Waals surface area (Å²) in [7, 11) is 0. The first-order valence-electron chi connectivity index (χ1n) is 3.47. The van der Waals surface area contributed by atoms with Gasteiger partial charge in [-0.3, -0.25) is 0 Å². The van der Waals surface area contributed by atoms with Crippen LogP contribution in [0.4, 0.5) is 0 Å². The van der Waals surface area contributed by atoms with Gasteiger partial charge in [0.2, 0.25) is 0 Å². The van der Waals surface area contributed by atoms with Crippen molar-refractivity contribution in [1.29, 1.82) is 0 Å². The minimum Gasteiger partial charge on any atom is -0.368 e. The number of hydrogen-bond donors (Lipinski definition) is 0. The van der Waals surface area contributed by atoms with Crippen LogP contribution in [0.3, 0.4) is 0 Å². The molecule has 13 heavy (non-hydrogen) atoms. The first kappa shape index (κ1) is 10.9. The Balaban J connectivity index is 4.01. The summed E-state index contributed by atoms with van der Waals surface area (Å²) in [5.74, 6) is 11.7. The van der Waals surface area contributed by atoms with Crippen LogP contribution < -0.4 is 0 Å². The van der Waals surface area contributed by atoms with Gasteiger partial charge in [0.15, 0.2) is 0 Å². The smallest absolute Gasteiger partial charge is 0.347 e. The fourth-order valence-corrected chi connectivity index (χ4v) is 0.309. The van der Waals surface area contributed by atoms with E-state index in [9.17, 15) is 4.79 Å². The Bertz CT molecular complexity index is 383. The Hall–Kier alpha value is -2.11. The second-order valence-electron chi connectivity index (χ2n) is 2.02. The van der Waals surface area contributed by atoms with Crippen LogP contribution in [0.25, 0.3) is 0 Å². The number of carbonyl (C=O) groups is 1. The first-order chi connectivity index (χ1) is 6.18. The summed E-state index contributed by atoms with van der Waals surface area (Å²) in [5, 5.41) is 0. The van der Waals surface area contributed by atoms with Crippen LogP contribution in [0.5, 0.6) is 0 Å². The molecule has 0 fully saturated rings. The highest BCUT2D eigenvalue weighted by molar-refractivity contribution is 5.87. The monoisotopic (exact) mass is 172 g/mol. The largest absolute Gasteiger partial charge is 0.368 e. The highest BCUT2D eigenvalue weighted by Crippen LogP contribution is 1.89. The van der Waals surface area contributed by atoms with Gasteiger partial charge in [-0.2, -0.15) is 0 Å². The number of rotatable bonds is 1. The molecular formula is C11H8O2. The fraction of sp³-hybridized carbons (Fsp3) is 0.182. The van der Waals surface area contributed by atoms with Crippen LogP contribution in [-0.2, 0) is 9.53 Å². The van der Waals surface area contributed by atoms with Gasteiger partial charge in [-0.05, 0) is 25.7 Å². The van der Waals surface area contributed by atoms with Crippen molar-refractivity contribution in [2.75, 3.05) is 0 Å². The summed E-state index contributed by atoms with van der Waals surface area (Å²) < 4.78 is 4.43. The maximum atomic E-state index is 10.7. The zero-order valence-electron chi connectivity index (χ0n) is 7.52. The maximum absolute atomic E-state index is 10.7. The third-order valence-electron chi connectivity index (χ3n) is 0.856. The standard InChI is InChI=1S/C11H8O2/c1-4-5-6-7-8-9-13-11(12)10(2)3/h2H2,1,3H3. The summed E-state index contributed by atoms with van der Waals surface area (Å²) in [4.78, 5) is 10.7. The Labute approximate surface area is 78.0 Å². The maximum Gasteiger partial charge on any atom is 0.347 e. The van der Waals surface area contributed by atoms with E-state index < -0.39 is 5.97 Å². The molecule has 0 radical (unpaired) electrons. The molecule has 0 N–H and O–H groups in total. The lowest BCUT2D eigenvalue weighted by molar-refractivity contribution is -0.132. The molecule has 0 heterocycles. The molecule has 0 amide bonds. The quantitative estimate of drug-likeness (QED) is 0.336. The van der Waals surface area contributed by atoms with E-state index in [0.717, 1.165) is 0 Å². The van der Waals surface area contributed by atoms with E-state index in [2.05, 4.69) is 47.0 Å². The molecule has 64 valence electrons. The average molecular weight is 172 g/mol. The van der Waals surface area contributed by atoms with Gasteiger partial charge in [0.05, 0.1) is 0 Å². The van der Waals surface area contributed by atoms with Gasteiger partial charge < -0.3 is 4.74 Å². The van der Waals surface area contributed by atoms with Gasteiger partial charge >= 0.3 is 5.97 Å². The molecule has 0 aliphatic heterocycles. The van der Waals surface area contributed by atoms with E-state index in [-0.39, 0.29) is 0 Å². The Kier molecular flexibility index (Phi) is 5.52. The van der Waals surface area contributed by atoms with Crippen molar-refractivity contribution in [2.45, 2.75) is 13.8 Å². The van der Waals surface area contributed by atoms with E-state index in [0.29, 0.717) is 5.57 Å². The molecule has 0 spiro atoms. The number of esters is 1. The molecule has 2 nitrogen and oxygen atoms in total. The van der Waals surface area contributed by atoms with E-state index in [1.807, 2.05) is 0 Å². The van der Waals surface area contributed by atoms with Crippen LogP contribution in [0, 0.1) is 35.7 Å². The molecule has 2 heteroatoms. The Morgan fingerprint density at radius 3 is 2.38 bits per heavy atom. The predicted molar refractivity (Wildman–Crippen MR) is 49.9 cm³/mol. The van der Waals surface area contributed by atoms with Crippen molar-refractivity contribution >= 4 is 5.97 Å². The Morgan fingerprint density at radius 1 is 1.23 bits per heavy atom. The Morgan fingerprint density at radius 2 is 1.85 bits per heavy atom. The minimum atomic E-state index is -0.545. The molecule has 0 aromatic carbocycles. The van der Waals surface area contributed by atoms with Gasteiger partial charge in [0.1, 0.15) is 6.11 Å². The number of hydrogen-bond acceptors (Lipinski definition) is 2. The van der Waals surface area contributed by atoms with Crippen molar-refractivity contribution in [3.63, 3.8) is 0 Å². The van der Waals surface area contributed by atoms with Gasteiger partial charge in [0.25, 0.3) is 0 Å². The summed E-state index contributed by atoms with van der Waals surface area (Å²) in [6.07, 6.45) is 2.12. The summed E-state index contributed by atoms with van der Waals surface area (Å²) in [6.45, 7) is 6.59. The summed E-state index contributed by atoms with van der Waals surface area (Å²) in [5.41, 5.74) is 0.301. The topological polar surface area (TPSA) is 26.3 Å². The highest BCUT2D eigenvalue weighted by atomic mass is 16.5. The third-order valence-corrected chi connectivity index (χ3v) is 0.856. The molecule has 0 atom stereocenters. The second kappa shape index (κ2) is 6.59. The minimum absolute atomic E-state index is 0.301.